The smallest absolute Gasteiger partial charge is 0.0640 e. The molecule has 0 spiro atoms. The van der Waals surface area contributed by atoms with Crippen molar-refractivity contribution in [2.45, 2.75) is 38.8 Å². The lowest BCUT2D eigenvalue weighted by molar-refractivity contribution is 0.188. The molecule has 2 unspecified atom stereocenters. The van der Waals surface area contributed by atoms with Gasteiger partial charge >= 0.3 is 0 Å². The summed E-state index contributed by atoms with van der Waals surface area (Å²) in [5.41, 5.74) is 2.26. The van der Waals surface area contributed by atoms with Gasteiger partial charge in [0.1, 0.15) is 0 Å². The first-order valence-electron chi connectivity index (χ1n) is 5.58. The molecule has 2 heterocycles. The van der Waals surface area contributed by atoms with Crippen molar-refractivity contribution < 1.29 is 4.74 Å². The summed E-state index contributed by atoms with van der Waals surface area (Å²) in [6.07, 6.45) is 2.10. The summed E-state index contributed by atoms with van der Waals surface area (Å²) in [5.74, 6) is 0. The number of hydrogen-bond donors (Lipinski definition) is 2. The third-order valence-electron chi connectivity index (χ3n) is 2.72. The van der Waals surface area contributed by atoms with Crippen molar-refractivity contribution in [1.29, 1.82) is 0 Å². The molecule has 84 valence electrons. The fourth-order valence-electron chi connectivity index (χ4n) is 2.02. The molecule has 0 aliphatic carbocycles. The van der Waals surface area contributed by atoms with Crippen LogP contribution < -0.4 is 5.32 Å². The quantitative estimate of drug-likeness (QED) is 0.778. The average molecular weight is 209 g/mol. The van der Waals surface area contributed by atoms with E-state index in [9.17, 15) is 0 Å². The number of nitrogens with one attached hydrogen (secondary N) is 2. The van der Waals surface area contributed by atoms with E-state index < -0.39 is 0 Å². The van der Waals surface area contributed by atoms with Gasteiger partial charge in [0, 0.05) is 30.8 Å². The van der Waals surface area contributed by atoms with Crippen LogP contribution >= 0.6 is 0 Å². The zero-order valence-electron chi connectivity index (χ0n) is 9.42. The maximum absolute atomic E-state index is 5.33. The fraction of sp³-hybridized carbons (Fsp3) is 0.727. The Bertz CT molecular complexity index is 305. The Balaban J connectivity index is 1.78. The van der Waals surface area contributed by atoms with Crippen molar-refractivity contribution in [1.82, 2.24) is 15.5 Å². The molecule has 0 aromatic carbocycles. The summed E-state index contributed by atoms with van der Waals surface area (Å²) in [5, 5.41) is 10.8. The molecule has 4 heteroatoms. The van der Waals surface area contributed by atoms with E-state index in [0.717, 1.165) is 37.4 Å². The number of aryl methyl sites for hydroxylation is 1. The number of aromatic nitrogens is 2. The van der Waals surface area contributed by atoms with Gasteiger partial charge in [0.15, 0.2) is 0 Å². The van der Waals surface area contributed by atoms with Gasteiger partial charge in [-0.15, -0.1) is 0 Å². The highest BCUT2D eigenvalue weighted by molar-refractivity contribution is 5.07. The first-order valence-corrected chi connectivity index (χ1v) is 5.58. The molecular weight excluding hydrogens is 190 g/mol. The lowest BCUT2D eigenvalue weighted by Gasteiger charge is -2.16. The molecule has 2 rings (SSSR count). The predicted octanol–water partition coefficient (Wildman–Crippen LogP) is 1.03. The molecule has 2 atom stereocenters. The van der Waals surface area contributed by atoms with Crippen molar-refractivity contribution in [3.63, 3.8) is 0 Å². The van der Waals surface area contributed by atoms with E-state index in [4.69, 9.17) is 4.74 Å². The van der Waals surface area contributed by atoms with Gasteiger partial charge in [-0.2, -0.15) is 5.10 Å². The second-order valence-corrected chi connectivity index (χ2v) is 4.37. The largest absolute Gasteiger partial charge is 0.380 e. The maximum atomic E-state index is 5.33. The number of ether oxygens (including phenoxy) is 1. The molecule has 0 amide bonds. The third kappa shape index (κ3) is 3.04. The van der Waals surface area contributed by atoms with Gasteiger partial charge in [-0.05, 0) is 26.3 Å². The molecule has 1 aromatic rings. The summed E-state index contributed by atoms with van der Waals surface area (Å²) < 4.78 is 5.33. The predicted molar refractivity (Wildman–Crippen MR) is 58.9 cm³/mol. The minimum Gasteiger partial charge on any atom is -0.380 e. The Hall–Kier alpha value is -0.870. The SMILES string of the molecule is Cc1cc(CC(C)NC2CCOC2)n[nH]1. The summed E-state index contributed by atoms with van der Waals surface area (Å²) >= 11 is 0. The Morgan fingerprint density at radius 3 is 3.20 bits per heavy atom. The molecule has 15 heavy (non-hydrogen) atoms. The third-order valence-corrected chi connectivity index (χ3v) is 2.72. The summed E-state index contributed by atoms with van der Waals surface area (Å²) in [7, 11) is 0. The Morgan fingerprint density at radius 2 is 2.60 bits per heavy atom. The Morgan fingerprint density at radius 1 is 1.73 bits per heavy atom. The number of rotatable bonds is 4. The minimum absolute atomic E-state index is 0.458. The van der Waals surface area contributed by atoms with Crippen molar-refractivity contribution >= 4 is 0 Å². The normalized spacial score (nSPS) is 23.2. The van der Waals surface area contributed by atoms with Crippen molar-refractivity contribution in [2.24, 2.45) is 0 Å². The van der Waals surface area contributed by atoms with Crippen molar-refractivity contribution in [2.75, 3.05) is 13.2 Å². The van der Waals surface area contributed by atoms with Gasteiger partial charge in [0.25, 0.3) is 0 Å². The van der Waals surface area contributed by atoms with Crippen molar-refractivity contribution in [3.8, 4) is 0 Å². The van der Waals surface area contributed by atoms with Crippen LogP contribution in [0, 0.1) is 6.92 Å². The molecule has 2 N–H and O–H groups in total. The fourth-order valence-corrected chi connectivity index (χ4v) is 2.02. The lowest BCUT2D eigenvalue weighted by atomic mass is 10.1. The lowest BCUT2D eigenvalue weighted by Crippen LogP contribution is -2.38. The molecule has 4 nitrogen and oxygen atoms in total. The molecule has 1 aliphatic heterocycles. The monoisotopic (exact) mass is 209 g/mol. The first-order chi connectivity index (χ1) is 7.24. The van der Waals surface area contributed by atoms with Crippen LogP contribution in [0.5, 0.6) is 0 Å². The minimum atomic E-state index is 0.458. The maximum Gasteiger partial charge on any atom is 0.0640 e. The van der Waals surface area contributed by atoms with E-state index in [0.29, 0.717) is 12.1 Å². The van der Waals surface area contributed by atoms with Crippen LogP contribution in [0.4, 0.5) is 0 Å². The van der Waals surface area contributed by atoms with Gasteiger partial charge < -0.3 is 10.1 Å². The van der Waals surface area contributed by atoms with E-state index in [1.54, 1.807) is 0 Å². The molecule has 1 aliphatic rings. The van der Waals surface area contributed by atoms with E-state index in [-0.39, 0.29) is 0 Å². The standard InChI is InChI=1S/C11H19N3O/c1-8(12-10-3-4-15-7-10)5-11-6-9(2)13-14-11/h6,8,10,12H,3-5,7H2,1-2H3,(H,13,14). The number of nitrogens with zero attached hydrogens (tertiary/aromatic N) is 1. The first kappa shape index (κ1) is 10.6. The zero-order chi connectivity index (χ0) is 10.7. The number of aromatic amines is 1. The van der Waals surface area contributed by atoms with Crippen LogP contribution in [0.1, 0.15) is 24.7 Å². The molecule has 1 fully saturated rings. The Labute approximate surface area is 90.4 Å². The van der Waals surface area contributed by atoms with Gasteiger partial charge in [-0.3, -0.25) is 5.10 Å². The van der Waals surface area contributed by atoms with E-state index >= 15 is 0 Å². The average Bonchev–Trinajstić information content (AvgIpc) is 2.77. The van der Waals surface area contributed by atoms with Crippen LogP contribution in [0.15, 0.2) is 6.07 Å². The summed E-state index contributed by atoms with van der Waals surface area (Å²) in [4.78, 5) is 0. The number of hydrogen-bond acceptors (Lipinski definition) is 3. The topological polar surface area (TPSA) is 49.9 Å². The molecule has 1 saturated heterocycles. The van der Waals surface area contributed by atoms with Crippen LogP contribution in [-0.2, 0) is 11.2 Å². The molecule has 0 radical (unpaired) electrons. The van der Waals surface area contributed by atoms with E-state index in [1.165, 1.54) is 0 Å². The highest BCUT2D eigenvalue weighted by Gasteiger charge is 2.17. The molecule has 1 aromatic heterocycles. The zero-order valence-corrected chi connectivity index (χ0v) is 9.42. The highest BCUT2D eigenvalue weighted by atomic mass is 16.5. The van der Waals surface area contributed by atoms with Crippen molar-refractivity contribution in [3.05, 3.63) is 17.5 Å². The second kappa shape index (κ2) is 4.77. The molecular formula is C11H19N3O. The highest BCUT2D eigenvalue weighted by Crippen LogP contribution is 2.07. The van der Waals surface area contributed by atoms with E-state index in [1.807, 2.05) is 6.92 Å². The van der Waals surface area contributed by atoms with Gasteiger partial charge in [-0.1, -0.05) is 0 Å². The summed E-state index contributed by atoms with van der Waals surface area (Å²) in [6, 6.07) is 3.09. The van der Waals surface area contributed by atoms with Gasteiger partial charge in [0.05, 0.1) is 12.3 Å². The number of H-pyrrole nitrogens is 1. The van der Waals surface area contributed by atoms with Crippen LogP contribution in [0.3, 0.4) is 0 Å². The summed E-state index contributed by atoms with van der Waals surface area (Å²) in [6.45, 7) is 5.97. The van der Waals surface area contributed by atoms with Crippen LogP contribution in [-0.4, -0.2) is 35.5 Å². The van der Waals surface area contributed by atoms with E-state index in [2.05, 4.69) is 28.5 Å². The van der Waals surface area contributed by atoms with Crippen LogP contribution in [0.25, 0.3) is 0 Å². The molecule has 0 saturated carbocycles. The van der Waals surface area contributed by atoms with Gasteiger partial charge in [-0.25, -0.2) is 0 Å². The Kier molecular flexibility index (Phi) is 3.38. The van der Waals surface area contributed by atoms with Gasteiger partial charge in [0.2, 0.25) is 0 Å². The molecule has 0 bridgehead atoms. The second-order valence-electron chi connectivity index (χ2n) is 4.37. The van der Waals surface area contributed by atoms with Crippen LogP contribution in [0.2, 0.25) is 0 Å².